The average Bonchev–Trinajstić information content (AvgIpc) is 4.22. The number of imidazole rings is 2. The predicted molar refractivity (Wildman–Crippen MR) is 269 cm³/mol. The Morgan fingerprint density at radius 2 is 1.20 bits per heavy atom. The Morgan fingerprint density at radius 1 is 0.757 bits per heavy atom. The minimum atomic E-state index is -1.11. The van der Waals surface area contributed by atoms with Crippen LogP contribution in [0, 0.1) is 51.0 Å². The highest BCUT2D eigenvalue weighted by Gasteiger charge is 2.33. The van der Waals surface area contributed by atoms with Crippen LogP contribution in [-0.2, 0) is 22.7 Å². The second-order valence-corrected chi connectivity index (χ2v) is 16.5. The second-order valence-electron chi connectivity index (χ2n) is 15.4. The highest BCUT2D eigenvalue weighted by Crippen LogP contribution is 2.31. The van der Waals surface area contributed by atoms with Crippen LogP contribution in [0.4, 0.5) is 29.2 Å². The SMILES string of the molecule is C#Cc1nn([C@H]2CCN(C(=O)C=C)C2)c(NC)c1C(N)=O.C=CC(=O)N1CC[C@H](n2nc(C#Cc3cc4ncn(CC)c4c(F)c3F)c(C(N)=O)c2NC)C1.CCn1cnc2cc(I)c(F)c(F)c21.S. The lowest BCUT2D eigenvalue weighted by Gasteiger charge is -2.16. The van der Waals surface area contributed by atoms with E-state index in [9.17, 15) is 36.7 Å². The molecule has 18 nitrogen and oxygen atoms in total. The van der Waals surface area contributed by atoms with Crippen molar-refractivity contribution in [3.8, 4) is 24.2 Å². The van der Waals surface area contributed by atoms with Crippen LogP contribution in [0.2, 0.25) is 0 Å². The van der Waals surface area contributed by atoms with Gasteiger partial charge in [-0.2, -0.15) is 23.7 Å². The fourth-order valence-electron chi connectivity index (χ4n) is 8.07. The van der Waals surface area contributed by atoms with E-state index in [0.717, 1.165) is 6.42 Å². The largest absolute Gasteiger partial charge is 0.373 e. The van der Waals surface area contributed by atoms with E-state index in [1.54, 1.807) is 73.4 Å². The van der Waals surface area contributed by atoms with Crippen LogP contribution in [0.1, 0.15) is 76.4 Å². The van der Waals surface area contributed by atoms with Gasteiger partial charge in [-0.1, -0.05) is 19.1 Å². The van der Waals surface area contributed by atoms with Gasteiger partial charge in [0.05, 0.1) is 44.9 Å². The van der Waals surface area contributed by atoms with Crippen molar-refractivity contribution in [2.24, 2.45) is 11.5 Å². The summed E-state index contributed by atoms with van der Waals surface area (Å²) in [6.07, 6.45) is 12.2. The van der Waals surface area contributed by atoms with Gasteiger partial charge in [0, 0.05) is 53.4 Å². The molecule has 0 spiro atoms. The van der Waals surface area contributed by atoms with Gasteiger partial charge in [0.25, 0.3) is 11.8 Å². The number of hydrogen-bond acceptors (Lipinski definition) is 10. The van der Waals surface area contributed by atoms with Gasteiger partial charge >= 0.3 is 0 Å². The monoisotopic (exact) mass is 1100 g/mol. The molecule has 2 aliphatic rings. The lowest BCUT2D eigenvalue weighted by molar-refractivity contribution is -0.125. The number of rotatable bonds is 10. The fourth-order valence-corrected chi connectivity index (χ4v) is 8.60. The van der Waals surface area contributed by atoms with Gasteiger partial charge in [-0.25, -0.2) is 36.9 Å². The quantitative estimate of drug-likeness (QED) is 0.0470. The molecule has 2 aliphatic heterocycles. The Morgan fingerprint density at radius 3 is 1.63 bits per heavy atom. The molecule has 6 heterocycles. The Labute approximate surface area is 420 Å². The summed E-state index contributed by atoms with van der Waals surface area (Å²) < 4.78 is 62.7. The molecule has 0 unspecified atom stereocenters. The van der Waals surface area contributed by atoms with Gasteiger partial charge in [-0.3, -0.25) is 19.2 Å². The number of aromatic nitrogens is 8. The molecular formula is C46H49F4IN14O4S. The molecule has 0 aliphatic carbocycles. The first-order valence-corrected chi connectivity index (χ1v) is 22.4. The Balaban J connectivity index is 0.000000215. The molecule has 2 fully saturated rings. The average molecular weight is 1100 g/mol. The third kappa shape index (κ3) is 10.5. The molecule has 368 valence electrons. The van der Waals surface area contributed by atoms with Crippen LogP contribution in [0.3, 0.4) is 0 Å². The Kier molecular flexibility index (Phi) is 17.5. The fraction of sp³-hybridized carbons (Fsp3) is 0.304. The van der Waals surface area contributed by atoms with Crippen molar-refractivity contribution >= 4 is 93.4 Å². The number of fused-ring (bicyclic) bond motifs is 2. The number of hydrogen-bond donors (Lipinski definition) is 4. The van der Waals surface area contributed by atoms with Crippen molar-refractivity contribution in [1.29, 1.82) is 0 Å². The number of aryl methyl sites for hydroxylation is 2. The van der Waals surface area contributed by atoms with Gasteiger partial charge in [0.2, 0.25) is 11.8 Å². The molecule has 0 bridgehead atoms. The Bertz CT molecular complexity index is 3140. The van der Waals surface area contributed by atoms with E-state index in [2.05, 4.69) is 61.7 Å². The summed E-state index contributed by atoms with van der Waals surface area (Å²) in [5, 5.41) is 14.5. The summed E-state index contributed by atoms with van der Waals surface area (Å²) in [4.78, 5) is 58.8. The maximum absolute atomic E-state index is 14.7. The van der Waals surface area contributed by atoms with Crippen molar-refractivity contribution in [3.05, 3.63) is 105 Å². The summed E-state index contributed by atoms with van der Waals surface area (Å²) in [6.45, 7) is 13.6. The zero-order valence-electron chi connectivity index (χ0n) is 38.4. The first-order valence-electron chi connectivity index (χ1n) is 21.3. The Hall–Kier alpha value is -7.32. The number of benzene rings is 2. The summed E-state index contributed by atoms with van der Waals surface area (Å²) >= 11 is 1.76. The van der Waals surface area contributed by atoms with Crippen molar-refractivity contribution in [2.75, 3.05) is 50.9 Å². The number of likely N-dealkylation sites (tertiary alicyclic amines) is 2. The summed E-state index contributed by atoms with van der Waals surface area (Å²) in [5.41, 5.74) is 12.3. The minimum absolute atomic E-state index is 0. The molecular weight excluding hydrogens is 1050 g/mol. The van der Waals surface area contributed by atoms with Gasteiger partial charge in [-0.15, -0.1) is 6.42 Å². The lowest BCUT2D eigenvalue weighted by atomic mass is 10.1. The van der Waals surface area contributed by atoms with Crippen LogP contribution in [-0.4, -0.2) is 112 Å². The van der Waals surface area contributed by atoms with Crippen molar-refractivity contribution in [3.63, 3.8) is 0 Å². The smallest absolute Gasteiger partial charge is 0.255 e. The maximum atomic E-state index is 14.7. The number of terminal acetylenes is 1. The standard InChI is InChI=1S/C23H23F2N7O2.C14H17N5O2.C9H7F2IN2.H2S/c1-4-17(33)31-9-8-14(11-31)32-23(27-3)18(22(26)34)15(29-32)7-6-13-10-16-21(20(25)19(13)24)30(5-2)12-28-16;1-4-10-12(13(15)21)14(16-3)19(17-10)9-6-7-18(8-9)11(20)5-2;1-2-14-4-13-6-3-5(12)7(10)8(11)9(6)14;/h4,10,12,14,27H,1,5,8-9,11H2,2-3H3,(H2,26,34);1,5,9,16H,2,6-8H2,3H3,(H2,15,21);3-4H,2H2,1H3;1H2/t14-;9-;;/m00../s1. The van der Waals surface area contributed by atoms with Crippen LogP contribution in [0.5, 0.6) is 0 Å². The molecule has 4 aromatic heterocycles. The van der Waals surface area contributed by atoms with Gasteiger partial charge < -0.3 is 41.0 Å². The van der Waals surface area contributed by atoms with E-state index in [1.165, 1.54) is 35.4 Å². The molecule has 2 saturated heterocycles. The van der Waals surface area contributed by atoms with Crippen LogP contribution >= 0.6 is 36.1 Å². The van der Waals surface area contributed by atoms with E-state index in [1.807, 2.05) is 6.92 Å². The number of nitrogens with one attached hydrogen (secondary N) is 2. The van der Waals surface area contributed by atoms with Crippen molar-refractivity contribution in [2.45, 2.75) is 51.9 Å². The van der Waals surface area contributed by atoms with Gasteiger partial charge in [-0.05, 0) is 85.4 Å². The van der Waals surface area contributed by atoms with E-state index < -0.39 is 35.1 Å². The lowest BCUT2D eigenvalue weighted by Crippen LogP contribution is -2.27. The van der Waals surface area contributed by atoms with Crippen LogP contribution in [0.15, 0.2) is 50.1 Å². The molecule has 4 amide bonds. The molecule has 70 heavy (non-hydrogen) atoms. The van der Waals surface area contributed by atoms with E-state index in [4.69, 9.17) is 17.9 Å². The first-order chi connectivity index (χ1) is 33.0. The second kappa shape index (κ2) is 22.9. The van der Waals surface area contributed by atoms with Crippen molar-refractivity contribution < 1.29 is 36.7 Å². The van der Waals surface area contributed by atoms with E-state index >= 15 is 0 Å². The molecule has 2 aromatic carbocycles. The van der Waals surface area contributed by atoms with E-state index in [-0.39, 0.29) is 85.6 Å². The number of carbonyl (C=O) groups is 4. The molecule has 0 radical (unpaired) electrons. The van der Waals surface area contributed by atoms with Gasteiger partial charge in [0.1, 0.15) is 39.5 Å². The zero-order valence-corrected chi connectivity index (χ0v) is 41.6. The molecule has 0 saturated carbocycles. The van der Waals surface area contributed by atoms with Gasteiger partial charge in [0.15, 0.2) is 29.0 Å². The topological polar surface area (TPSA) is 222 Å². The molecule has 8 rings (SSSR count). The molecule has 6 N–H and O–H groups in total. The summed E-state index contributed by atoms with van der Waals surface area (Å²) in [7, 11) is 3.27. The number of amides is 4. The number of primary amides is 2. The number of halogens is 5. The molecule has 2 atom stereocenters. The minimum Gasteiger partial charge on any atom is -0.373 e. The highest BCUT2D eigenvalue weighted by molar-refractivity contribution is 14.1. The number of anilines is 2. The van der Waals surface area contributed by atoms with E-state index in [0.29, 0.717) is 62.8 Å². The number of nitrogens with zero attached hydrogens (tertiary/aromatic N) is 10. The normalized spacial score (nSPS) is 14.9. The van der Waals surface area contributed by atoms with Crippen LogP contribution in [0.25, 0.3) is 22.1 Å². The number of carbonyl (C=O) groups excluding carboxylic acids is 4. The zero-order chi connectivity index (χ0) is 50.4. The maximum Gasteiger partial charge on any atom is 0.255 e. The third-order valence-electron chi connectivity index (χ3n) is 11.4. The molecule has 6 aromatic rings. The summed E-state index contributed by atoms with van der Waals surface area (Å²) in [6, 6.07) is 2.60. The summed E-state index contributed by atoms with van der Waals surface area (Å²) in [5.74, 6) is 2.93. The first kappa shape index (κ1) is 53.6. The van der Waals surface area contributed by atoms with Crippen LogP contribution < -0.4 is 22.1 Å². The van der Waals surface area contributed by atoms with Crippen molar-refractivity contribution in [1.82, 2.24) is 48.5 Å². The third-order valence-corrected chi connectivity index (χ3v) is 12.2. The highest BCUT2D eigenvalue weighted by atomic mass is 127. The molecule has 24 heteroatoms. The number of nitrogens with two attached hydrogens (primary N) is 2. The predicted octanol–water partition coefficient (Wildman–Crippen LogP) is 5.05.